The molecule has 1 aliphatic heterocycles. The van der Waals surface area contributed by atoms with E-state index in [2.05, 4.69) is 22.1 Å². The van der Waals surface area contributed by atoms with E-state index in [0.717, 1.165) is 16.8 Å². The molecule has 2 heterocycles. The number of esters is 1. The van der Waals surface area contributed by atoms with E-state index in [9.17, 15) is 4.79 Å². The summed E-state index contributed by atoms with van der Waals surface area (Å²) in [6.07, 6.45) is 1.43. The van der Waals surface area contributed by atoms with Crippen molar-refractivity contribution in [2.24, 2.45) is 5.10 Å². The van der Waals surface area contributed by atoms with Crippen LogP contribution >= 0.6 is 23.8 Å². The highest BCUT2D eigenvalue weighted by atomic mass is 35.5. The fraction of sp³-hybridized carbons (Fsp3) is 0.182. The normalized spacial score (nSPS) is 15.7. The molecule has 1 aromatic heterocycles. The van der Waals surface area contributed by atoms with Crippen LogP contribution in [0, 0.1) is 4.77 Å². The molecule has 3 aromatic rings. The van der Waals surface area contributed by atoms with Crippen molar-refractivity contribution in [3.05, 3.63) is 87.3 Å². The van der Waals surface area contributed by atoms with Crippen molar-refractivity contribution in [2.75, 3.05) is 18.2 Å². The number of benzene rings is 2. The molecule has 2 aromatic carbocycles. The third-order valence-corrected chi connectivity index (χ3v) is 5.26. The Morgan fingerprint density at radius 1 is 1.23 bits per heavy atom. The average Bonchev–Trinajstić information content (AvgIpc) is 3.20. The summed E-state index contributed by atoms with van der Waals surface area (Å²) in [7, 11) is 0. The number of H-pyrrole nitrogens is 1. The number of halogens is 1. The SMILES string of the molecule is CCOC(=O)c1cnc(=S)[nH]c1N1CC(c2ccccc2)C(c2ccc(Cl)cc2)=N1. The summed E-state index contributed by atoms with van der Waals surface area (Å²) >= 11 is 11.3. The smallest absolute Gasteiger partial charge is 0.343 e. The van der Waals surface area contributed by atoms with Crippen molar-refractivity contribution in [3.8, 4) is 0 Å². The molecule has 1 atom stereocenters. The number of aromatic amines is 1. The number of carbonyl (C=O) groups is 1. The Balaban J connectivity index is 1.80. The first-order chi connectivity index (χ1) is 14.6. The predicted molar refractivity (Wildman–Crippen MR) is 120 cm³/mol. The number of hydrogen-bond acceptors (Lipinski definition) is 6. The molecule has 0 bridgehead atoms. The number of ether oxygens (including phenoxy) is 1. The summed E-state index contributed by atoms with van der Waals surface area (Å²) in [5.41, 5.74) is 3.25. The molecule has 0 saturated heterocycles. The van der Waals surface area contributed by atoms with Gasteiger partial charge in [0.2, 0.25) is 0 Å². The Hall–Kier alpha value is -3.03. The van der Waals surface area contributed by atoms with Crippen LogP contribution in [0.15, 0.2) is 65.9 Å². The van der Waals surface area contributed by atoms with Gasteiger partial charge in [-0.15, -0.1) is 0 Å². The van der Waals surface area contributed by atoms with E-state index in [4.69, 9.17) is 33.7 Å². The first-order valence-electron chi connectivity index (χ1n) is 9.50. The van der Waals surface area contributed by atoms with Crippen molar-refractivity contribution < 1.29 is 9.53 Å². The van der Waals surface area contributed by atoms with Crippen molar-refractivity contribution in [2.45, 2.75) is 12.8 Å². The standard InChI is InChI=1S/C22H19ClN4O2S/c1-2-29-21(28)17-12-24-22(30)25-20(17)27-13-18(14-6-4-3-5-7-14)19(26-27)15-8-10-16(23)11-9-15/h3-12,18H,2,13H2,1H3,(H,24,25,30). The Kier molecular flexibility index (Phi) is 5.92. The minimum atomic E-state index is -0.474. The zero-order valence-corrected chi connectivity index (χ0v) is 17.8. The van der Waals surface area contributed by atoms with Gasteiger partial charge in [-0.1, -0.05) is 54.1 Å². The van der Waals surface area contributed by atoms with Gasteiger partial charge < -0.3 is 9.72 Å². The van der Waals surface area contributed by atoms with Crippen LogP contribution in [-0.2, 0) is 4.74 Å². The maximum atomic E-state index is 12.5. The molecule has 0 spiro atoms. The number of nitrogens with one attached hydrogen (secondary N) is 1. The van der Waals surface area contributed by atoms with Crippen LogP contribution in [0.2, 0.25) is 5.02 Å². The van der Waals surface area contributed by atoms with E-state index in [-0.39, 0.29) is 17.3 Å². The zero-order chi connectivity index (χ0) is 21.1. The fourth-order valence-corrected chi connectivity index (χ4v) is 3.69. The maximum absolute atomic E-state index is 12.5. The summed E-state index contributed by atoms with van der Waals surface area (Å²) in [6, 6.07) is 17.7. The summed E-state index contributed by atoms with van der Waals surface area (Å²) in [5.74, 6) is -0.00597. The number of carbonyl (C=O) groups excluding carboxylic acids is 1. The van der Waals surface area contributed by atoms with Crippen LogP contribution in [0.1, 0.15) is 34.3 Å². The lowest BCUT2D eigenvalue weighted by atomic mass is 9.91. The van der Waals surface area contributed by atoms with Crippen molar-refractivity contribution in [3.63, 3.8) is 0 Å². The summed E-state index contributed by atoms with van der Waals surface area (Å²) in [5, 5.41) is 7.27. The van der Waals surface area contributed by atoms with Gasteiger partial charge in [-0.05, 0) is 42.4 Å². The van der Waals surface area contributed by atoms with E-state index in [1.165, 1.54) is 6.20 Å². The number of hydrogen-bond donors (Lipinski definition) is 1. The molecule has 1 aliphatic rings. The summed E-state index contributed by atoms with van der Waals surface area (Å²) in [4.78, 5) is 19.5. The Labute approximate surface area is 184 Å². The highest BCUT2D eigenvalue weighted by molar-refractivity contribution is 7.71. The molecule has 0 fully saturated rings. The number of aromatic nitrogens is 2. The van der Waals surface area contributed by atoms with Crippen LogP contribution in [0.25, 0.3) is 0 Å². The molecule has 6 nitrogen and oxygen atoms in total. The van der Waals surface area contributed by atoms with Crippen LogP contribution in [0.3, 0.4) is 0 Å². The Morgan fingerprint density at radius 2 is 1.97 bits per heavy atom. The zero-order valence-electron chi connectivity index (χ0n) is 16.2. The van der Waals surface area contributed by atoms with E-state index in [1.54, 1.807) is 11.9 Å². The first kappa shape index (κ1) is 20.3. The molecule has 1 unspecified atom stereocenters. The number of hydrazone groups is 1. The van der Waals surface area contributed by atoms with Crippen LogP contribution in [-0.4, -0.2) is 34.8 Å². The van der Waals surface area contributed by atoms with Crippen LogP contribution in [0.4, 0.5) is 5.82 Å². The van der Waals surface area contributed by atoms with Crippen molar-refractivity contribution >= 4 is 41.3 Å². The van der Waals surface area contributed by atoms with Gasteiger partial charge in [0, 0.05) is 17.1 Å². The van der Waals surface area contributed by atoms with Gasteiger partial charge in [0.25, 0.3) is 0 Å². The van der Waals surface area contributed by atoms with Gasteiger partial charge in [0.05, 0.1) is 18.9 Å². The highest BCUT2D eigenvalue weighted by Gasteiger charge is 2.32. The Bertz CT molecular complexity index is 1150. The Morgan fingerprint density at radius 3 is 2.67 bits per heavy atom. The van der Waals surface area contributed by atoms with E-state index >= 15 is 0 Å². The van der Waals surface area contributed by atoms with Crippen LogP contribution < -0.4 is 5.01 Å². The quantitative estimate of drug-likeness (QED) is 0.449. The molecule has 0 amide bonds. The number of rotatable bonds is 5. The van der Waals surface area contributed by atoms with Gasteiger partial charge in [-0.25, -0.2) is 14.8 Å². The predicted octanol–water partition coefficient (Wildman–Crippen LogP) is 4.98. The summed E-state index contributed by atoms with van der Waals surface area (Å²) < 4.78 is 5.45. The van der Waals surface area contributed by atoms with E-state index in [0.29, 0.717) is 22.9 Å². The molecule has 0 radical (unpaired) electrons. The van der Waals surface area contributed by atoms with E-state index in [1.807, 2.05) is 42.5 Å². The lowest BCUT2D eigenvalue weighted by molar-refractivity contribution is 0.0526. The molecular formula is C22H19ClN4O2S. The second kappa shape index (κ2) is 8.77. The molecule has 4 rings (SSSR count). The van der Waals surface area contributed by atoms with Gasteiger partial charge in [0.1, 0.15) is 11.4 Å². The fourth-order valence-electron chi connectivity index (χ4n) is 3.42. The first-order valence-corrected chi connectivity index (χ1v) is 10.3. The van der Waals surface area contributed by atoms with Gasteiger partial charge in [-0.2, -0.15) is 5.10 Å². The van der Waals surface area contributed by atoms with Crippen molar-refractivity contribution in [1.29, 1.82) is 0 Å². The second-order valence-electron chi connectivity index (χ2n) is 6.71. The monoisotopic (exact) mass is 438 g/mol. The summed E-state index contributed by atoms with van der Waals surface area (Å²) in [6.45, 7) is 2.55. The molecular weight excluding hydrogens is 420 g/mol. The molecule has 0 saturated carbocycles. The molecule has 1 N–H and O–H groups in total. The molecule has 152 valence electrons. The molecule has 8 heteroatoms. The minimum Gasteiger partial charge on any atom is -0.462 e. The lowest BCUT2D eigenvalue weighted by Crippen LogP contribution is -2.22. The topological polar surface area (TPSA) is 70.6 Å². The van der Waals surface area contributed by atoms with E-state index < -0.39 is 5.97 Å². The lowest BCUT2D eigenvalue weighted by Gasteiger charge is -2.18. The number of nitrogens with zero attached hydrogens (tertiary/aromatic N) is 3. The minimum absolute atomic E-state index is 0.00226. The maximum Gasteiger partial charge on any atom is 0.343 e. The molecule has 30 heavy (non-hydrogen) atoms. The molecule has 0 aliphatic carbocycles. The largest absolute Gasteiger partial charge is 0.462 e. The van der Waals surface area contributed by atoms with Crippen LogP contribution in [0.5, 0.6) is 0 Å². The van der Waals surface area contributed by atoms with Crippen molar-refractivity contribution in [1.82, 2.24) is 9.97 Å². The third kappa shape index (κ3) is 4.13. The third-order valence-electron chi connectivity index (χ3n) is 4.80. The number of anilines is 1. The second-order valence-corrected chi connectivity index (χ2v) is 7.53. The van der Waals surface area contributed by atoms with Gasteiger partial charge in [0.15, 0.2) is 4.77 Å². The van der Waals surface area contributed by atoms with Gasteiger partial charge in [-0.3, -0.25) is 0 Å². The average molecular weight is 439 g/mol. The highest BCUT2D eigenvalue weighted by Crippen LogP contribution is 2.32. The van der Waals surface area contributed by atoms with Gasteiger partial charge >= 0.3 is 5.97 Å².